The predicted molar refractivity (Wildman–Crippen MR) is 120 cm³/mol. The molecule has 0 spiro atoms. The molecule has 0 aliphatic carbocycles. The molecule has 0 saturated heterocycles. The van der Waals surface area contributed by atoms with Gasteiger partial charge in [-0.25, -0.2) is 0 Å². The molecule has 1 aromatic carbocycles. The van der Waals surface area contributed by atoms with E-state index < -0.39 is 0 Å². The highest BCUT2D eigenvalue weighted by Gasteiger charge is 2.01. The molecular formula is C19H35IN4O2. The minimum Gasteiger partial charge on any atom is -0.492 e. The van der Waals surface area contributed by atoms with Gasteiger partial charge in [-0.2, -0.15) is 0 Å². The second-order valence-corrected chi connectivity index (χ2v) is 5.57. The van der Waals surface area contributed by atoms with Crippen LogP contribution in [0.15, 0.2) is 29.3 Å². The van der Waals surface area contributed by atoms with E-state index in [0.29, 0.717) is 13.2 Å². The molecule has 0 radical (unpaired) electrons. The highest BCUT2D eigenvalue weighted by molar-refractivity contribution is 14.0. The first-order valence-corrected chi connectivity index (χ1v) is 9.19. The Kier molecular flexibility index (Phi) is 15.5. The van der Waals surface area contributed by atoms with Crippen LogP contribution in [0.3, 0.4) is 0 Å². The summed E-state index contributed by atoms with van der Waals surface area (Å²) in [4.78, 5) is 6.55. The number of nitrogens with zero attached hydrogens (tertiary/aromatic N) is 2. The monoisotopic (exact) mass is 478 g/mol. The molecular weight excluding hydrogens is 443 g/mol. The summed E-state index contributed by atoms with van der Waals surface area (Å²) >= 11 is 0. The number of nitrogens with one attached hydrogen (secondary N) is 2. The third-order valence-electron chi connectivity index (χ3n) is 3.92. The summed E-state index contributed by atoms with van der Waals surface area (Å²) in [6.07, 6.45) is 0. The molecule has 0 aromatic heterocycles. The number of guanidine groups is 1. The standard InChI is InChI=1S/C19H34N4O2.HI/c1-5-23(6-2)13-15-25-18-10-8-17(9-11-18)16-22-19(20-4)21-12-14-24-7-3;/h8-11H,5-7,12-16H2,1-4H3,(H2,20,21,22);1H. The number of aliphatic imine (C=N–C) groups is 1. The van der Waals surface area contributed by atoms with E-state index in [0.717, 1.165) is 51.1 Å². The van der Waals surface area contributed by atoms with Crippen molar-refractivity contribution in [1.29, 1.82) is 0 Å². The zero-order chi connectivity index (χ0) is 18.3. The fourth-order valence-corrected chi connectivity index (χ4v) is 2.33. The molecule has 0 bridgehead atoms. The molecule has 2 N–H and O–H groups in total. The van der Waals surface area contributed by atoms with Crippen molar-refractivity contribution in [2.75, 3.05) is 53.0 Å². The number of halogens is 1. The topological polar surface area (TPSA) is 58.1 Å². The van der Waals surface area contributed by atoms with Gasteiger partial charge in [0.05, 0.1) is 6.61 Å². The van der Waals surface area contributed by atoms with Crippen LogP contribution in [0.5, 0.6) is 5.75 Å². The van der Waals surface area contributed by atoms with Gasteiger partial charge in [-0.1, -0.05) is 26.0 Å². The first kappa shape index (κ1) is 24.9. The van der Waals surface area contributed by atoms with Crippen molar-refractivity contribution in [3.8, 4) is 5.75 Å². The molecule has 1 rings (SSSR count). The minimum absolute atomic E-state index is 0. The van der Waals surface area contributed by atoms with E-state index in [4.69, 9.17) is 9.47 Å². The Labute approximate surface area is 175 Å². The van der Waals surface area contributed by atoms with Crippen LogP contribution in [0, 0.1) is 0 Å². The van der Waals surface area contributed by atoms with Crippen LogP contribution in [0.25, 0.3) is 0 Å². The van der Waals surface area contributed by atoms with E-state index >= 15 is 0 Å². The maximum Gasteiger partial charge on any atom is 0.191 e. The van der Waals surface area contributed by atoms with Gasteiger partial charge in [0.25, 0.3) is 0 Å². The van der Waals surface area contributed by atoms with Crippen LogP contribution in [0.2, 0.25) is 0 Å². The first-order chi connectivity index (χ1) is 12.2. The van der Waals surface area contributed by atoms with Gasteiger partial charge in [0.2, 0.25) is 0 Å². The molecule has 7 heteroatoms. The highest BCUT2D eigenvalue weighted by Crippen LogP contribution is 2.12. The summed E-state index contributed by atoms with van der Waals surface area (Å²) in [6.45, 7) is 13.0. The average Bonchev–Trinajstić information content (AvgIpc) is 2.66. The second-order valence-electron chi connectivity index (χ2n) is 5.57. The molecule has 0 atom stereocenters. The largest absolute Gasteiger partial charge is 0.492 e. The summed E-state index contributed by atoms with van der Waals surface area (Å²) in [7, 11) is 1.77. The molecule has 0 saturated carbocycles. The van der Waals surface area contributed by atoms with Gasteiger partial charge in [0.1, 0.15) is 12.4 Å². The molecule has 0 aliphatic rings. The van der Waals surface area contributed by atoms with E-state index in [1.807, 2.05) is 19.1 Å². The Morgan fingerprint density at radius 1 is 1.04 bits per heavy atom. The normalized spacial score (nSPS) is 11.2. The number of ether oxygens (including phenoxy) is 2. The Bertz CT molecular complexity index is 479. The average molecular weight is 478 g/mol. The summed E-state index contributed by atoms with van der Waals surface area (Å²) in [5, 5.41) is 6.51. The van der Waals surface area contributed by atoms with Gasteiger partial charge >= 0.3 is 0 Å². The van der Waals surface area contributed by atoms with Crippen LogP contribution >= 0.6 is 24.0 Å². The van der Waals surface area contributed by atoms with E-state index in [9.17, 15) is 0 Å². The lowest BCUT2D eigenvalue weighted by atomic mass is 10.2. The Morgan fingerprint density at radius 3 is 2.31 bits per heavy atom. The van der Waals surface area contributed by atoms with Crippen LogP contribution in [-0.4, -0.2) is 63.9 Å². The zero-order valence-corrected chi connectivity index (χ0v) is 18.9. The Hall–Kier alpha value is -1.06. The number of hydrogen-bond acceptors (Lipinski definition) is 4. The Morgan fingerprint density at radius 2 is 1.73 bits per heavy atom. The van der Waals surface area contributed by atoms with E-state index in [1.165, 1.54) is 5.56 Å². The third-order valence-corrected chi connectivity index (χ3v) is 3.92. The first-order valence-electron chi connectivity index (χ1n) is 9.19. The Balaban J connectivity index is 0.00000625. The lowest BCUT2D eigenvalue weighted by Crippen LogP contribution is -2.38. The SMILES string of the molecule is CCOCCNC(=NC)NCc1ccc(OCCN(CC)CC)cc1.I. The van der Waals surface area contributed by atoms with Crippen LogP contribution in [0.1, 0.15) is 26.3 Å². The predicted octanol–water partition coefficient (Wildman–Crippen LogP) is 2.73. The van der Waals surface area contributed by atoms with E-state index in [-0.39, 0.29) is 24.0 Å². The van der Waals surface area contributed by atoms with Gasteiger partial charge in [0, 0.05) is 33.3 Å². The van der Waals surface area contributed by atoms with Gasteiger partial charge in [0.15, 0.2) is 5.96 Å². The zero-order valence-electron chi connectivity index (χ0n) is 16.6. The third kappa shape index (κ3) is 10.8. The van der Waals surface area contributed by atoms with Gasteiger partial charge in [-0.15, -0.1) is 24.0 Å². The van der Waals surface area contributed by atoms with Crippen molar-refractivity contribution >= 4 is 29.9 Å². The lowest BCUT2D eigenvalue weighted by molar-refractivity contribution is 0.152. The molecule has 1 aromatic rings. The van der Waals surface area contributed by atoms with E-state index in [1.54, 1.807) is 7.05 Å². The number of rotatable bonds is 12. The number of likely N-dealkylation sites (N-methyl/N-ethyl adjacent to an activating group) is 1. The molecule has 150 valence electrons. The maximum atomic E-state index is 5.81. The molecule has 0 heterocycles. The van der Waals surface area contributed by atoms with Crippen molar-refractivity contribution in [1.82, 2.24) is 15.5 Å². The van der Waals surface area contributed by atoms with E-state index in [2.05, 4.69) is 46.5 Å². The highest BCUT2D eigenvalue weighted by atomic mass is 127. The second kappa shape index (κ2) is 16.1. The summed E-state index contributed by atoms with van der Waals surface area (Å²) < 4.78 is 11.1. The molecule has 0 fully saturated rings. The molecule has 0 amide bonds. The van der Waals surface area contributed by atoms with Crippen molar-refractivity contribution in [3.05, 3.63) is 29.8 Å². The minimum atomic E-state index is 0. The number of hydrogen-bond donors (Lipinski definition) is 2. The van der Waals surface area contributed by atoms with Crippen LogP contribution < -0.4 is 15.4 Å². The lowest BCUT2D eigenvalue weighted by Gasteiger charge is -2.18. The smallest absolute Gasteiger partial charge is 0.191 e. The summed E-state index contributed by atoms with van der Waals surface area (Å²) in [6, 6.07) is 8.19. The maximum absolute atomic E-state index is 5.81. The van der Waals surface area contributed by atoms with Crippen molar-refractivity contribution in [2.45, 2.75) is 27.3 Å². The molecule has 6 nitrogen and oxygen atoms in total. The number of benzene rings is 1. The van der Waals surface area contributed by atoms with Crippen molar-refractivity contribution < 1.29 is 9.47 Å². The molecule has 0 unspecified atom stereocenters. The quantitative estimate of drug-likeness (QED) is 0.210. The summed E-state index contributed by atoms with van der Waals surface area (Å²) in [5.74, 6) is 1.69. The van der Waals surface area contributed by atoms with Crippen molar-refractivity contribution in [3.63, 3.8) is 0 Å². The molecule has 26 heavy (non-hydrogen) atoms. The molecule has 0 aliphatic heterocycles. The van der Waals surface area contributed by atoms with Gasteiger partial charge in [-0.3, -0.25) is 4.99 Å². The van der Waals surface area contributed by atoms with Crippen LogP contribution in [0.4, 0.5) is 0 Å². The summed E-state index contributed by atoms with van der Waals surface area (Å²) in [5.41, 5.74) is 1.18. The van der Waals surface area contributed by atoms with Crippen molar-refractivity contribution in [2.24, 2.45) is 4.99 Å². The van der Waals surface area contributed by atoms with Gasteiger partial charge < -0.3 is 25.0 Å². The fraction of sp³-hybridized carbons (Fsp3) is 0.632. The van der Waals surface area contributed by atoms with Crippen LogP contribution in [-0.2, 0) is 11.3 Å². The fourth-order valence-electron chi connectivity index (χ4n) is 2.33. The van der Waals surface area contributed by atoms with Gasteiger partial charge in [-0.05, 0) is 37.7 Å².